The zero-order valence-corrected chi connectivity index (χ0v) is 11.9. The normalized spacial score (nSPS) is 11.6. The summed E-state index contributed by atoms with van der Waals surface area (Å²) in [5, 5.41) is 0.915. The summed E-state index contributed by atoms with van der Waals surface area (Å²) in [7, 11) is 1.78. The number of hydrogen-bond acceptors (Lipinski definition) is 3. The number of thiazole rings is 1. The summed E-state index contributed by atoms with van der Waals surface area (Å²) in [6.45, 7) is 7.65. The van der Waals surface area contributed by atoms with Crippen molar-refractivity contribution in [1.29, 1.82) is 0 Å². The highest BCUT2D eigenvalue weighted by atomic mass is 35.5. The number of alkyl halides is 1. The summed E-state index contributed by atoms with van der Waals surface area (Å²) in [4.78, 5) is 18.9. The molecule has 0 N–H and O–H groups in total. The highest BCUT2D eigenvalue weighted by Crippen LogP contribution is 2.23. The average Bonchev–Trinajstić information content (AvgIpc) is 2.55. The van der Waals surface area contributed by atoms with Crippen molar-refractivity contribution in [3.05, 3.63) is 15.6 Å². The number of halogens is 1. The van der Waals surface area contributed by atoms with Crippen molar-refractivity contribution in [2.75, 3.05) is 12.9 Å². The quantitative estimate of drug-likeness (QED) is 0.783. The van der Waals surface area contributed by atoms with Crippen LogP contribution in [0.25, 0.3) is 0 Å². The van der Waals surface area contributed by atoms with E-state index in [2.05, 4.69) is 4.98 Å². The molecule has 1 aromatic heterocycles. The maximum Gasteiger partial charge on any atom is 0.266 e. The van der Waals surface area contributed by atoms with E-state index in [0.29, 0.717) is 10.8 Å². The van der Waals surface area contributed by atoms with Crippen molar-refractivity contribution < 1.29 is 4.79 Å². The van der Waals surface area contributed by atoms with Crippen LogP contribution in [0.1, 0.15) is 34.2 Å². The zero-order chi connectivity index (χ0) is 12.5. The van der Waals surface area contributed by atoms with E-state index in [1.807, 2.05) is 27.7 Å². The number of aryl methyl sites for hydroxylation is 2. The molecule has 90 valence electrons. The minimum absolute atomic E-state index is 0.00579. The molecule has 1 aromatic rings. The molecule has 5 heteroatoms. The molecular weight excluding hydrogens is 244 g/mol. The first-order valence-electron chi connectivity index (χ1n) is 5.07. The summed E-state index contributed by atoms with van der Waals surface area (Å²) in [5.74, 6) is 0.403. The fraction of sp³-hybridized carbons (Fsp3) is 0.636. The van der Waals surface area contributed by atoms with Gasteiger partial charge in [0, 0.05) is 12.9 Å². The number of hydrogen-bond donors (Lipinski definition) is 0. The molecule has 0 aromatic carbocycles. The van der Waals surface area contributed by atoms with Crippen LogP contribution in [-0.4, -0.2) is 34.3 Å². The minimum atomic E-state index is -0.344. The Balaban J connectivity index is 2.99. The van der Waals surface area contributed by atoms with Gasteiger partial charge in [0.25, 0.3) is 5.91 Å². The van der Waals surface area contributed by atoms with Crippen LogP contribution < -0.4 is 0 Å². The van der Waals surface area contributed by atoms with E-state index in [-0.39, 0.29) is 11.4 Å². The highest BCUT2D eigenvalue weighted by molar-refractivity contribution is 7.13. The Morgan fingerprint density at radius 3 is 2.44 bits per heavy atom. The second-order valence-corrected chi connectivity index (χ2v) is 5.93. The molecule has 1 rings (SSSR count). The molecule has 0 saturated carbocycles. The van der Waals surface area contributed by atoms with Gasteiger partial charge in [-0.3, -0.25) is 4.79 Å². The van der Waals surface area contributed by atoms with Gasteiger partial charge in [0.15, 0.2) is 0 Å². The summed E-state index contributed by atoms with van der Waals surface area (Å²) in [5.41, 5.74) is 0.452. The standard InChI is InChI=1S/C11H17ClN2OS/c1-7-9(16-8(2)13-7)10(15)14(5)11(3,4)6-12/h6H2,1-5H3. The predicted octanol–water partition coefficient (Wildman–Crippen LogP) is 2.85. The third kappa shape index (κ3) is 2.55. The van der Waals surface area contributed by atoms with E-state index >= 15 is 0 Å². The average molecular weight is 261 g/mol. The molecule has 0 unspecified atom stereocenters. The Bertz CT molecular complexity index is 401. The van der Waals surface area contributed by atoms with Gasteiger partial charge in [-0.2, -0.15) is 0 Å². The predicted molar refractivity (Wildman–Crippen MR) is 68.5 cm³/mol. The smallest absolute Gasteiger partial charge is 0.266 e. The first-order valence-corrected chi connectivity index (χ1v) is 6.43. The van der Waals surface area contributed by atoms with Gasteiger partial charge < -0.3 is 4.90 Å². The van der Waals surface area contributed by atoms with Crippen molar-refractivity contribution in [2.24, 2.45) is 0 Å². The van der Waals surface area contributed by atoms with Crippen LogP contribution in [0.3, 0.4) is 0 Å². The van der Waals surface area contributed by atoms with Crippen LogP contribution in [0.15, 0.2) is 0 Å². The lowest BCUT2D eigenvalue weighted by Crippen LogP contribution is -2.46. The number of carbonyl (C=O) groups is 1. The molecule has 0 aliphatic heterocycles. The summed E-state index contributed by atoms with van der Waals surface area (Å²) in [6.07, 6.45) is 0. The Labute approximate surface area is 105 Å². The molecule has 1 amide bonds. The van der Waals surface area contributed by atoms with E-state index in [0.717, 1.165) is 10.7 Å². The van der Waals surface area contributed by atoms with Crippen LogP contribution in [-0.2, 0) is 0 Å². The molecule has 0 atom stereocenters. The van der Waals surface area contributed by atoms with E-state index in [9.17, 15) is 4.79 Å². The van der Waals surface area contributed by atoms with Crippen LogP contribution in [0.4, 0.5) is 0 Å². The molecule has 16 heavy (non-hydrogen) atoms. The van der Waals surface area contributed by atoms with E-state index in [1.165, 1.54) is 11.3 Å². The Morgan fingerprint density at radius 1 is 1.50 bits per heavy atom. The van der Waals surface area contributed by atoms with Crippen molar-refractivity contribution in [1.82, 2.24) is 9.88 Å². The van der Waals surface area contributed by atoms with Gasteiger partial charge >= 0.3 is 0 Å². The van der Waals surface area contributed by atoms with Crippen molar-refractivity contribution in [2.45, 2.75) is 33.2 Å². The maximum absolute atomic E-state index is 12.2. The van der Waals surface area contributed by atoms with Crippen LogP contribution in [0.2, 0.25) is 0 Å². The van der Waals surface area contributed by atoms with Crippen LogP contribution >= 0.6 is 22.9 Å². The third-order valence-electron chi connectivity index (χ3n) is 2.64. The largest absolute Gasteiger partial charge is 0.335 e. The SMILES string of the molecule is Cc1nc(C)c(C(=O)N(C)C(C)(C)CCl)s1. The number of rotatable bonds is 3. The molecule has 0 bridgehead atoms. The van der Waals surface area contributed by atoms with E-state index in [4.69, 9.17) is 11.6 Å². The van der Waals surface area contributed by atoms with Gasteiger partial charge in [0.1, 0.15) is 4.88 Å². The zero-order valence-electron chi connectivity index (χ0n) is 10.3. The highest BCUT2D eigenvalue weighted by Gasteiger charge is 2.29. The van der Waals surface area contributed by atoms with E-state index < -0.39 is 0 Å². The van der Waals surface area contributed by atoms with Crippen molar-refractivity contribution >= 4 is 28.8 Å². The summed E-state index contributed by atoms with van der Waals surface area (Å²) >= 11 is 7.29. The first-order chi connectivity index (χ1) is 7.29. The lowest BCUT2D eigenvalue weighted by atomic mass is 10.1. The topological polar surface area (TPSA) is 33.2 Å². The van der Waals surface area contributed by atoms with Crippen LogP contribution in [0.5, 0.6) is 0 Å². The molecule has 0 fully saturated rings. The number of nitrogens with zero attached hydrogens (tertiary/aromatic N) is 2. The Kier molecular flexibility index (Phi) is 3.97. The molecule has 1 heterocycles. The van der Waals surface area contributed by atoms with E-state index in [1.54, 1.807) is 11.9 Å². The fourth-order valence-corrected chi connectivity index (χ4v) is 2.32. The Hall–Kier alpha value is -0.610. The number of amides is 1. The van der Waals surface area contributed by atoms with Gasteiger partial charge in [-0.15, -0.1) is 22.9 Å². The summed E-state index contributed by atoms with van der Waals surface area (Å²) in [6, 6.07) is 0. The molecule has 3 nitrogen and oxygen atoms in total. The molecular formula is C11H17ClN2OS. The van der Waals surface area contributed by atoms with Gasteiger partial charge in [0.05, 0.1) is 16.2 Å². The summed E-state index contributed by atoms with van der Waals surface area (Å²) < 4.78 is 0. The molecule has 0 saturated heterocycles. The fourth-order valence-electron chi connectivity index (χ4n) is 1.25. The monoisotopic (exact) mass is 260 g/mol. The maximum atomic E-state index is 12.2. The lowest BCUT2D eigenvalue weighted by Gasteiger charge is -2.33. The van der Waals surface area contributed by atoms with Gasteiger partial charge in [0.2, 0.25) is 0 Å². The minimum Gasteiger partial charge on any atom is -0.335 e. The third-order valence-corrected chi connectivity index (χ3v) is 4.35. The number of carbonyl (C=O) groups excluding carboxylic acids is 1. The molecule has 0 radical (unpaired) electrons. The number of aromatic nitrogens is 1. The molecule has 0 spiro atoms. The first kappa shape index (κ1) is 13.5. The van der Waals surface area contributed by atoms with Gasteiger partial charge in [-0.25, -0.2) is 4.98 Å². The van der Waals surface area contributed by atoms with Gasteiger partial charge in [-0.05, 0) is 27.7 Å². The molecule has 0 aliphatic carbocycles. The van der Waals surface area contributed by atoms with Crippen molar-refractivity contribution in [3.63, 3.8) is 0 Å². The second-order valence-electron chi connectivity index (χ2n) is 4.46. The van der Waals surface area contributed by atoms with Crippen LogP contribution in [0, 0.1) is 13.8 Å². The van der Waals surface area contributed by atoms with Crippen molar-refractivity contribution in [3.8, 4) is 0 Å². The molecule has 0 aliphatic rings. The second kappa shape index (κ2) is 4.72. The van der Waals surface area contributed by atoms with Gasteiger partial charge in [-0.1, -0.05) is 0 Å². The lowest BCUT2D eigenvalue weighted by molar-refractivity contribution is 0.0664. The Morgan fingerprint density at radius 2 is 2.06 bits per heavy atom.